The molecule has 4 nitrogen and oxygen atoms in total. The Morgan fingerprint density at radius 3 is 2.88 bits per heavy atom. The van der Waals surface area contributed by atoms with E-state index in [9.17, 15) is 4.21 Å². The van der Waals surface area contributed by atoms with Crippen LogP contribution in [-0.2, 0) is 10.8 Å². The van der Waals surface area contributed by atoms with Gasteiger partial charge in [-0.05, 0) is 32.0 Å². The zero-order valence-corrected chi connectivity index (χ0v) is 11.1. The molecule has 2 unspecified atom stereocenters. The van der Waals surface area contributed by atoms with Gasteiger partial charge in [0.1, 0.15) is 5.82 Å². The first kappa shape index (κ1) is 12.1. The summed E-state index contributed by atoms with van der Waals surface area (Å²) in [6.45, 7) is 4.02. The first-order valence-corrected chi connectivity index (χ1v) is 7.26. The van der Waals surface area contributed by atoms with Crippen LogP contribution in [0.25, 0.3) is 11.0 Å². The molecule has 0 spiro atoms. The van der Waals surface area contributed by atoms with E-state index in [1.165, 1.54) is 0 Å². The maximum atomic E-state index is 11.3. The lowest BCUT2D eigenvalue weighted by molar-refractivity contribution is 0.597. The summed E-state index contributed by atoms with van der Waals surface area (Å²) in [6.07, 6.45) is 1.73. The quantitative estimate of drug-likeness (QED) is 0.847. The fourth-order valence-corrected chi connectivity index (χ4v) is 3.04. The molecule has 0 fully saturated rings. The van der Waals surface area contributed by atoms with Crippen molar-refractivity contribution in [3.8, 4) is 0 Å². The van der Waals surface area contributed by atoms with Crippen LogP contribution in [-0.4, -0.2) is 25.8 Å². The van der Waals surface area contributed by atoms with Gasteiger partial charge in [-0.15, -0.1) is 0 Å². The predicted octanol–water partition coefficient (Wildman–Crippen LogP) is 1.87. The fourth-order valence-electron chi connectivity index (χ4n) is 2.21. The average Bonchev–Trinajstić information content (AvgIpc) is 2.51. The van der Waals surface area contributed by atoms with Crippen molar-refractivity contribution in [2.24, 2.45) is 0 Å². The van der Waals surface area contributed by atoms with Crippen LogP contribution in [0, 0.1) is 6.92 Å². The average molecular weight is 251 g/mol. The number of benzene rings is 1. The summed E-state index contributed by atoms with van der Waals surface area (Å²) in [7, 11) is -0.809. The molecule has 17 heavy (non-hydrogen) atoms. The zero-order valence-electron chi connectivity index (χ0n) is 10.3. The molecule has 0 saturated carbocycles. The molecule has 2 aromatic rings. The molecule has 0 bridgehead atoms. The summed E-state index contributed by atoms with van der Waals surface area (Å²) >= 11 is 0. The number of rotatable bonds is 3. The lowest BCUT2D eigenvalue weighted by Crippen LogP contribution is -2.14. The zero-order chi connectivity index (χ0) is 12.6. The molecule has 5 heteroatoms. The van der Waals surface area contributed by atoms with E-state index in [1.807, 2.05) is 25.1 Å². The summed E-state index contributed by atoms with van der Waals surface area (Å²) in [5.74, 6) is 1.57. The molecule has 0 amide bonds. The number of nitrogens with zero attached hydrogens (tertiary/aromatic N) is 2. The van der Waals surface area contributed by atoms with Gasteiger partial charge in [-0.2, -0.15) is 0 Å². The number of anilines is 1. The highest BCUT2D eigenvalue weighted by molar-refractivity contribution is 7.84. The van der Waals surface area contributed by atoms with Crippen molar-refractivity contribution in [3.63, 3.8) is 0 Å². The van der Waals surface area contributed by atoms with Crippen LogP contribution < -0.4 is 5.73 Å². The van der Waals surface area contributed by atoms with Crippen LogP contribution >= 0.6 is 0 Å². The Hall–Kier alpha value is -1.36. The van der Waals surface area contributed by atoms with Crippen LogP contribution in [0.3, 0.4) is 0 Å². The van der Waals surface area contributed by atoms with E-state index < -0.39 is 10.8 Å². The van der Waals surface area contributed by atoms with Gasteiger partial charge >= 0.3 is 0 Å². The summed E-state index contributed by atoms with van der Waals surface area (Å²) in [6, 6.07) is 5.89. The van der Waals surface area contributed by atoms with Crippen molar-refractivity contribution in [2.75, 3.05) is 17.7 Å². The van der Waals surface area contributed by atoms with Crippen LogP contribution in [0.4, 0.5) is 5.69 Å². The van der Waals surface area contributed by atoms with Gasteiger partial charge in [-0.25, -0.2) is 4.98 Å². The SMILES string of the molecule is Cc1nc2cc(N)ccc2n1C(C)CS(C)=O. The van der Waals surface area contributed by atoms with E-state index >= 15 is 0 Å². The van der Waals surface area contributed by atoms with Gasteiger partial charge in [-0.1, -0.05) is 0 Å². The van der Waals surface area contributed by atoms with E-state index in [2.05, 4.69) is 16.5 Å². The van der Waals surface area contributed by atoms with E-state index in [1.54, 1.807) is 6.26 Å². The second kappa shape index (κ2) is 4.49. The monoisotopic (exact) mass is 251 g/mol. The third-order valence-corrected chi connectivity index (χ3v) is 3.76. The van der Waals surface area contributed by atoms with E-state index in [4.69, 9.17) is 5.73 Å². The number of imidazole rings is 1. The second-order valence-corrected chi connectivity index (χ2v) is 5.85. The number of hydrogen-bond donors (Lipinski definition) is 1. The van der Waals surface area contributed by atoms with Crippen molar-refractivity contribution in [2.45, 2.75) is 19.9 Å². The van der Waals surface area contributed by atoms with E-state index in [0.717, 1.165) is 16.9 Å². The summed E-state index contributed by atoms with van der Waals surface area (Å²) < 4.78 is 13.4. The molecule has 2 N–H and O–H groups in total. The van der Waals surface area contributed by atoms with Gasteiger partial charge in [0.25, 0.3) is 0 Å². The van der Waals surface area contributed by atoms with Gasteiger partial charge in [0.2, 0.25) is 0 Å². The van der Waals surface area contributed by atoms with E-state index in [0.29, 0.717) is 11.4 Å². The number of hydrogen-bond acceptors (Lipinski definition) is 3. The Morgan fingerprint density at radius 2 is 2.24 bits per heavy atom. The van der Waals surface area contributed by atoms with Gasteiger partial charge in [-0.3, -0.25) is 4.21 Å². The van der Waals surface area contributed by atoms with Crippen LogP contribution in [0.5, 0.6) is 0 Å². The summed E-state index contributed by atoms with van der Waals surface area (Å²) in [5.41, 5.74) is 8.41. The molecular formula is C12H17N3OS. The molecule has 0 radical (unpaired) electrons. The molecule has 1 heterocycles. The molecular weight excluding hydrogens is 234 g/mol. The van der Waals surface area contributed by atoms with Gasteiger partial charge in [0.05, 0.1) is 11.0 Å². The smallest absolute Gasteiger partial charge is 0.107 e. The largest absolute Gasteiger partial charge is 0.399 e. The normalized spacial score (nSPS) is 15.0. The summed E-state index contributed by atoms with van der Waals surface area (Å²) in [5, 5.41) is 0. The third kappa shape index (κ3) is 2.34. The predicted molar refractivity (Wildman–Crippen MR) is 72.5 cm³/mol. The summed E-state index contributed by atoms with van der Waals surface area (Å²) in [4.78, 5) is 4.49. The number of aromatic nitrogens is 2. The van der Waals surface area contributed by atoms with Crippen LogP contribution in [0.15, 0.2) is 18.2 Å². The van der Waals surface area contributed by atoms with Crippen molar-refractivity contribution >= 4 is 27.5 Å². The van der Waals surface area contributed by atoms with E-state index in [-0.39, 0.29) is 6.04 Å². The number of fused-ring (bicyclic) bond motifs is 1. The van der Waals surface area contributed by atoms with Crippen LogP contribution in [0.2, 0.25) is 0 Å². The first-order chi connectivity index (χ1) is 7.99. The maximum absolute atomic E-state index is 11.3. The molecule has 92 valence electrons. The Bertz CT molecular complexity index is 576. The van der Waals surface area contributed by atoms with Crippen LogP contribution in [0.1, 0.15) is 18.8 Å². The number of nitrogens with two attached hydrogens (primary N) is 1. The van der Waals surface area contributed by atoms with Crippen molar-refractivity contribution in [3.05, 3.63) is 24.0 Å². The topological polar surface area (TPSA) is 60.9 Å². The minimum Gasteiger partial charge on any atom is -0.399 e. The Balaban J connectivity index is 2.53. The van der Waals surface area contributed by atoms with Gasteiger partial charge in [0, 0.05) is 34.5 Å². The maximum Gasteiger partial charge on any atom is 0.107 e. The molecule has 0 aliphatic rings. The minimum absolute atomic E-state index is 0.175. The lowest BCUT2D eigenvalue weighted by atomic mass is 10.2. The molecule has 2 rings (SSSR count). The highest BCUT2D eigenvalue weighted by Crippen LogP contribution is 2.23. The lowest BCUT2D eigenvalue weighted by Gasteiger charge is -2.15. The Morgan fingerprint density at radius 1 is 1.53 bits per heavy atom. The number of nitrogen functional groups attached to an aromatic ring is 1. The second-order valence-electron chi connectivity index (χ2n) is 4.37. The van der Waals surface area contributed by atoms with Crippen molar-refractivity contribution in [1.82, 2.24) is 9.55 Å². The third-order valence-electron chi connectivity index (χ3n) is 2.81. The minimum atomic E-state index is -0.809. The molecule has 0 saturated heterocycles. The Labute approximate surface area is 103 Å². The first-order valence-electron chi connectivity index (χ1n) is 5.53. The van der Waals surface area contributed by atoms with Crippen molar-refractivity contribution in [1.29, 1.82) is 0 Å². The Kier molecular flexibility index (Phi) is 3.19. The standard InChI is InChI=1S/C12H17N3OS/c1-8(7-17(3)16)15-9(2)14-11-6-10(13)4-5-12(11)15/h4-6,8H,7,13H2,1-3H3. The molecule has 2 atom stereocenters. The highest BCUT2D eigenvalue weighted by Gasteiger charge is 2.14. The highest BCUT2D eigenvalue weighted by atomic mass is 32.2. The van der Waals surface area contributed by atoms with Crippen molar-refractivity contribution < 1.29 is 4.21 Å². The molecule has 0 aliphatic heterocycles. The molecule has 1 aromatic heterocycles. The van der Waals surface area contributed by atoms with Gasteiger partial charge < -0.3 is 10.3 Å². The number of aryl methyl sites for hydroxylation is 1. The van der Waals surface area contributed by atoms with Gasteiger partial charge in [0.15, 0.2) is 0 Å². The fraction of sp³-hybridized carbons (Fsp3) is 0.417. The molecule has 0 aliphatic carbocycles. The molecule has 1 aromatic carbocycles.